The van der Waals surface area contributed by atoms with Crippen molar-refractivity contribution in [2.75, 3.05) is 11.4 Å². The van der Waals surface area contributed by atoms with Crippen molar-refractivity contribution in [1.82, 2.24) is 24.7 Å². The van der Waals surface area contributed by atoms with Crippen LogP contribution in [-0.2, 0) is 17.4 Å². The van der Waals surface area contributed by atoms with Gasteiger partial charge in [-0.1, -0.05) is 55.4 Å². The fourth-order valence-electron chi connectivity index (χ4n) is 3.45. The van der Waals surface area contributed by atoms with Gasteiger partial charge in [0, 0.05) is 35.9 Å². The SMILES string of the molecule is CC(C)c1nnc2n1CCN(c1cc(C(C)(C)C)nc(C(C)(C)C)n1)C2C. The van der Waals surface area contributed by atoms with E-state index in [0.29, 0.717) is 5.92 Å². The second-order valence-corrected chi connectivity index (χ2v) is 10.0. The van der Waals surface area contributed by atoms with Crippen LogP contribution >= 0.6 is 0 Å². The summed E-state index contributed by atoms with van der Waals surface area (Å²) < 4.78 is 2.28. The Kier molecular flexibility index (Phi) is 4.81. The number of fused-ring (bicyclic) bond motifs is 1. The molecule has 3 rings (SSSR count). The standard InChI is InChI=1S/C21H34N6/c1-13(2)17-24-25-18-14(3)26(10-11-27(17)18)16-12-15(20(4,5)6)22-19(23-16)21(7,8)9/h12-14H,10-11H2,1-9H3. The lowest BCUT2D eigenvalue weighted by Gasteiger charge is -2.36. The second kappa shape index (κ2) is 6.57. The lowest BCUT2D eigenvalue weighted by atomic mass is 9.90. The fraction of sp³-hybridized carbons (Fsp3) is 0.714. The van der Waals surface area contributed by atoms with Gasteiger partial charge in [0.2, 0.25) is 0 Å². The molecule has 0 bridgehead atoms. The van der Waals surface area contributed by atoms with Crippen molar-refractivity contribution in [3.05, 3.63) is 29.2 Å². The Bertz CT molecular complexity index is 790. The third-order valence-corrected chi connectivity index (χ3v) is 5.18. The molecule has 2 aromatic rings. The average molecular weight is 371 g/mol. The molecule has 0 amide bonds. The Labute approximate surface area is 163 Å². The van der Waals surface area contributed by atoms with Crippen molar-refractivity contribution in [1.29, 1.82) is 0 Å². The summed E-state index contributed by atoms with van der Waals surface area (Å²) in [5, 5.41) is 8.95. The third kappa shape index (κ3) is 3.71. The first kappa shape index (κ1) is 19.8. The van der Waals surface area contributed by atoms with Crippen LogP contribution in [0.2, 0.25) is 0 Å². The zero-order valence-corrected chi connectivity index (χ0v) is 18.3. The number of nitrogens with zero attached hydrogens (tertiary/aromatic N) is 6. The molecule has 148 valence electrons. The van der Waals surface area contributed by atoms with E-state index in [1.807, 2.05) is 0 Å². The maximum absolute atomic E-state index is 4.96. The first-order chi connectivity index (χ1) is 12.4. The molecule has 1 aliphatic heterocycles. The Morgan fingerprint density at radius 2 is 1.63 bits per heavy atom. The molecule has 2 aromatic heterocycles. The van der Waals surface area contributed by atoms with Crippen molar-refractivity contribution >= 4 is 5.82 Å². The highest BCUT2D eigenvalue weighted by Crippen LogP contribution is 2.33. The molecule has 1 unspecified atom stereocenters. The van der Waals surface area contributed by atoms with Gasteiger partial charge in [-0.2, -0.15) is 0 Å². The summed E-state index contributed by atoms with van der Waals surface area (Å²) in [6.45, 7) is 21.4. The predicted octanol–water partition coefficient (Wildman–Crippen LogP) is 4.37. The van der Waals surface area contributed by atoms with Crippen molar-refractivity contribution in [2.24, 2.45) is 0 Å². The van der Waals surface area contributed by atoms with E-state index in [9.17, 15) is 0 Å². The molecule has 0 saturated carbocycles. The second-order valence-electron chi connectivity index (χ2n) is 10.0. The quantitative estimate of drug-likeness (QED) is 0.786. The number of rotatable bonds is 2. The molecule has 1 atom stereocenters. The normalized spacial score (nSPS) is 18.1. The minimum Gasteiger partial charge on any atom is -0.345 e. The molecular formula is C21H34N6. The first-order valence-corrected chi connectivity index (χ1v) is 9.99. The van der Waals surface area contributed by atoms with E-state index < -0.39 is 0 Å². The van der Waals surface area contributed by atoms with Gasteiger partial charge in [-0.25, -0.2) is 9.97 Å². The number of anilines is 1. The van der Waals surface area contributed by atoms with Crippen LogP contribution in [0, 0.1) is 0 Å². The van der Waals surface area contributed by atoms with Crippen LogP contribution in [0.15, 0.2) is 6.07 Å². The van der Waals surface area contributed by atoms with E-state index in [1.165, 1.54) is 0 Å². The maximum atomic E-state index is 4.96. The van der Waals surface area contributed by atoms with Gasteiger partial charge >= 0.3 is 0 Å². The van der Waals surface area contributed by atoms with Gasteiger partial charge in [-0.15, -0.1) is 10.2 Å². The summed E-state index contributed by atoms with van der Waals surface area (Å²) in [6.07, 6.45) is 0. The molecule has 3 heterocycles. The Balaban J connectivity index is 2.05. The minimum absolute atomic E-state index is 0.0262. The maximum Gasteiger partial charge on any atom is 0.155 e. The van der Waals surface area contributed by atoms with E-state index in [4.69, 9.17) is 9.97 Å². The minimum atomic E-state index is -0.0974. The number of hydrogen-bond donors (Lipinski definition) is 0. The van der Waals surface area contributed by atoms with E-state index in [2.05, 4.69) is 88.0 Å². The Hall–Kier alpha value is -1.98. The highest BCUT2D eigenvalue weighted by Gasteiger charge is 2.32. The number of aromatic nitrogens is 5. The van der Waals surface area contributed by atoms with Crippen LogP contribution in [-0.4, -0.2) is 31.3 Å². The largest absolute Gasteiger partial charge is 0.345 e. The van der Waals surface area contributed by atoms with Crippen LogP contribution < -0.4 is 4.90 Å². The first-order valence-electron chi connectivity index (χ1n) is 9.99. The highest BCUT2D eigenvalue weighted by atomic mass is 15.4. The molecule has 0 fully saturated rings. The summed E-state index contributed by atoms with van der Waals surface area (Å²) in [5.74, 6) is 4.37. The monoisotopic (exact) mass is 370 g/mol. The van der Waals surface area contributed by atoms with Gasteiger partial charge in [-0.3, -0.25) is 0 Å². The lowest BCUT2D eigenvalue weighted by molar-refractivity contribution is 0.468. The molecule has 0 radical (unpaired) electrons. The van der Waals surface area contributed by atoms with Crippen LogP contribution in [0.1, 0.15) is 97.4 Å². The molecule has 6 heteroatoms. The molecule has 27 heavy (non-hydrogen) atoms. The van der Waals surface area contributed by atoms with Gasteiger partial charge in [0.1, 0.15) is 17.5 Å². The van der Waals surface area contributed by atoms with Gasteiger partial charge in [0.25, 0.3) is 0 Å². The van der Waals surface area contributed by atoms with Crippen molar-refractivity contribution in [3.63, 3.8) is 0 Å². The summed E-state index contributed by atoms with van der Waals surface area (Å²) in [5.41, 5.74) is 0.959. The molecule has 0 N–H and O–H groups in total. The van der Waals surface area contributed by atoms with E-state index in [1.54, 1.807) is 0 Å². The molecular weight excluding hydrogens is 336 g/mol. The van der Waals surface area contributed by atoms with Crippen molar-refractivity contribution < 1.29 is 0 Å². The average Bonchev–Trinajstić information content (AvgIpc) is 2.98. The molecule has 0 aliphatic carbocycles. The molecule has 1 aliphatic rings. The lowest BCUT2D eigenvalue weighted by Crippen LogP contribution is -2.39. The van der Waals surface area contributed by atoms with E-state index in [0.717, 1.165) is 42.1 Å². The topological polar surface area (TPSA) is 59.7 Å². The third-order valence-electron chi connectivity index (χ3n) is 5.18. The zero-order chi connectivity index (χ0) is 20.1. The summed E-state index contributed by atoms with van der Waals surface area (Å²) in [4.78, 5) is 12.2. The highest BCUT2D eigenvalue weighted by molar-refractivity contribution is 5.45. The summed E-state index contributed by atoms with van der Waals surface area (Å²) in [6, 6.07) is 2.29. The van der Waals surface area contributed by atoms with Crippen LogP contribution in [0.3, 0.4) is 0 Å². The molecule has 0 saturated heterocycles. The van der Waals surface area contributed by atoms with E-state index >= 15 is 0 Å². The van der Waals surface area contributed by atoms with Crippen LogP contribution in [0.5, 0.6) is 0 Å². The fourth-order valence-corrected chi connectivity index (χ4v) is 3.45. The van der Waals surface area contributed by atoms with Gasteiger partial charge < -0.3 is 9.47 Å². The molecule has 0 spiro atoms. The summed E-state index contributed by atoms with van der Waals surface area (Å²) in [7, 11) is 0. The zero-order valence-electron chi connectivity index (χ0n) is 18.3. The Morgan fingerprint density at radius 1 is 0.963 bits per heavy atom. The number of hydrogen-bond acceptors (Lipinski definition) is 5. The van der Waals surface area contributed by atoms with Crippen LogP contribution in [0.25, 0.3) is 0 Å². The smallest absolute Gasteiger partial charge is 0.155 e. The predicted molar refractivity (Wildman–Crippen MR) is 109 cm³/mol. The van der Waals surface area contributed by atoms with Crippen LogP contribution in [0.4, 0.5) is 5.82 Å². The Morgan fingerprint density at radius 3 is 2.19 bits per heavy atom. The van der Waals surface area contributed by atoms with Crippen molar-refractivity contribution in [2.45, 2.75) is 91.6 Å². The van der Waals surface area contributed by atoms with Gasteiger partial charge in [0.05, 0.1) is 11.7 Å². The van der Waals surface area contributed by atoms with Gasteiger partial charge in [-0.05, 0) is 6.92 Å². The van der Waals surface area contributed by atoms with Crippen molar-refractivity contribution in [3.8, 4) is 0 Å². The van der Waals surface area contributed by atoms with E-state index in [-0.39, 0.29) is 16.9 Å². The molecule has 0 aromatic carbocycles. The summed E-state index contributed by atoms with van der Waals surface area (Å²) >= 11 is 0. The van der Waals surface area contributed by atoms with Gasteiger partial charge in [0.15, 0.2) is 5.82 Å². The molecule has 6 nitrogen and oxygen atoms in total.